The fourth-order valence-corrected chi connectivity index (χ4v) is 2.48. The highest BCUT2D eigenvalue weighted by Gasteiger charge is 2.08. The summed E-state index contributed by atoms with van der Waals surface area (Å²) >= 11 is 0. The van der Waals surface area contributed by atoms with Crippen molar-refractivity contribution in [3.05, 3.63) is 70.9 Å². The van der Waals surface area contributed by atoms with E-state index >= 15 is 0 Å². The number of aromatic nitrogens is 2. The van der Waals surface area contributed by atoms with E-state index in [1.807, 2.05) is 6.92 Å². The molecule has 5 nitrogen and oxygen atoms in total. The lowest BCUT2D eigenvalue weighted by Gasteiger charge is -2.11. The van der Waals surface area contributed by atoms with Crippen molar-refractivity contribution >= 4 is 11.6 Å². The molecule has 1 aromatic heterocycles. The van der Waals surface area contributed by atoms with Gasteiger partial charge in [0.15, 0.2) is 11.6 Å². The van der Waals surface area contributed by atoms with E-state index in [0.717, 1.165) is 0 Å². The predicted octanol–water partition coefficient (Wildman–Crippen LogP) is 4.70. The van der Waals surface area contributed by atoms with Gasteiger partial charge in [-0.25, -0.2) is 13.8 Å². The Bertz CT molecular complexity index is 964. The molecule has 0 bridgehead atoms. The van der Waals surface area contributed by atoms with Gasteiger partial charge in [-0.05, 0) is 55.3 Å². The van der Waals surface area contributed by atoms with Crippen LogP contribution < -0.4 is 14.8 Å². The standard InChI is InChI=1S/C20H19F2N3O2/c1-12-8-15(5-6-16(12)21)24-20-23-13(2)9-19(25-20)27-11-14-4-7-18(26-3)17(22)10-14/h4-10H,11H2,1-3H3,(H,23,24,25). The molecular weight excluding hydrogens is 352 g/mol. The van der Waals surface area contributed by atoms with Gasteiger partial charge in [0.25, 0.3) is 0 Å². The summed E-state index contributed by atoms with van der Waals surface area (Å²) in [5.74, 6) is 0.127. The fraction of sp³-hybridized carbons (Fsp3) is 0.200. The van der Waals surface area contributed by atoms with Crippen LogP contribution in [-0.4, -0.2) is 17.1 Å². The summed E-state index contributed by atoms with van der Waals surface area (Å²) in [5.41, 5.74) is 2.53. The molecule has 0 saturated carbocycles. The van der Waals surface area contributed by atoms with Crippen LogP contribution in [0.1, 0.15) is 16.8 Å². The van der Waals surface area contributed by atoms with Crippen LogP contribution in [0.15, 0.2) is 42.5 Å². The molecule has 140 valence electrons. The Morgan fingerprint density at radius 1 is 0.963 bits per heavy atom. The highest BCUT2D eigenvalue weighted by molar-refractivity contribution is 5.55. The molecule has 3 rings (SSSR count). The second kappa shape index (κ2) is 7.99. The third-order valence-corrected chi connectivity index (χ3v) is 3.85. The number of methoxy groups -OCH3 is 1. The van der Waals surface area contributed by atoms with Gasteiger partial charge in [0.1, 0.15) is 12.4 Å². The van der Waals surface area contributed by atoms with E-state index in [4.69, 9.17) is 9.47 Å². The minimum absolute atomic E-state index is 0.145. The summed E-state index contributed by atoms with van der Waals surface area (Å²) < 4.78 is 37.7. The van der Waals surface area contributed by atoms with Crippen molar-refractivity contribution in [2.75, 3.05) is 12.4 Å². The first kappa shape index (κ1) is 18.6. The van der Waals surface area contributed by atoms with Gasteiger partial charge in [0, 0.05) is 17.4 Å². The normalized spacial score (nSPS) is 10.6. The number of hydrogen-bond acceptors (Lipinski definition) is 5. The van der Waals surface area contributed by atoms with E-state index in [1.165, 1.54) is 19.2 Å². The summed E-state index contributed by atoms with van der Waals surface area (Å²) in [6, 6.07) is 11.0. The van der Waals surface area contributed by atoms with Crippen LogP contribution in [0.5, 0.6) is 11.6 Å². The van der Waals surface area contributed by atoms with Crippen molar-refractivity contribution < 1.29 is 18.3 Å². The first-order valence-corrected chi connectivity index (χ1v) is 8.28. The molecule has 0 amide bonds. The highest BCUT2D eigenvalue weighted by Crippen LogP contribution is 2.21. The summed E-state index contributed by atoms with van der Waals surface area (Å²) in [5, 5.41) is 3.03. The molecule has 27 heavy (non-hydrogen) atoms. The number of aryl methyl sites for hydroxylation is 2. The zero-order chi connectivity index (χ0) is 19.4. The molecule has 1 N–H and O–H groups in total. The number of benzene rings is 2. The van der Waals surface area contributed by atoms with E-state index in [9.17, 15) is 8.78 Å². The van der Waals surface area contributed by atoms with Crippen LogP contribution in [0.4, 0.5) is 20.4 Å². The molecule has 3 aromatic rings. The number of nitrogens with one attached hydrogen (secondary N) is 1. The Kier molecular flexibility index (Phi) is 5.49. The number of halogens is 2. The average molecular weight is 371 g/mol. The maximum Gasteiger partial charge on any atom is 0.230 e. The van der Waals surface area contributed by atoms with Gasteiger partial charge in [-0.2, -0.15) is 4.98 Å². The first-order valence-electron chi connectivity index (χ1n) is 8.28. The van der Waals surface area contributed by atoms with E-state index < -0.39 is 5.82 Å². The Hall–Kier alpha value is -3.22. The molecule has 1 heterocycles. The van der Waals surface area contributed by atoms with Crippen LogP contribution in [0.3, 0.4) is 0 Å². The summed E-state index contributed by atoms with van der Waals surface area (Å²) in [7, 11) is 1.41. The van der Waals surface area contributed by atoms with Crippen molar-refractivity contribution in [2.45, 2.75) is 20.5 Å². The number of rotatable bonds is 6. The minimum Gasteiger partial charge on any atom is -0.494 e. The van der Waals surface area contributed by atoms with Gasteiger partial charge < -0.3 is 14.8 Å². The number of hydrogen-bond donors (Lipinski definition) is 1. The molecule has 0 fully saturated rings. The van der Waals surface area contributed by atoms with Crippen molar-refractivity contribution in [2.24, 2.45) is 0 Å². The zero-order valence-corrected chi connectivity index (χ0v) is 15.2. The molecule has 0 spiro atoms. The quantitative estimate of drug-likeness (QED) is 0.680. The molecule has 7 heteroatoms. The summed E-state index contributed by atoms with van der Waals surface area (Å²) in [6.45, 7) is 3.63. The number of ether oxygens (including phenoxy) is 2. The Morgan fingerprint density at radius 3 is 2.48 bits per heavy atom. The van der Waals surface area contributed by atoms with Crippen molar-refractivity contribution in [3.63, 3.8) is 0 Å². The van der Waals surface area contributed by atoms with Gasteiger partial charge in [-0.15, -0.1) is 0 Å². The topological polar surface area (TPSA) is 56.3 Å². The monoisotopic (exact) mass is 371 g/mol. The Morgan fingerprint density at radius 2 is 1.78 bits per heavy atom. The maximum atomic E-state index is 13.8. The molecule has 2 aromatic carbocycles. The largest absolute Gasteiger partial charge is 0.494 e. The zero-order valence-electron chi connectivity index (χ0n) is 15.2. The average Bonchev–Trinajstić information content (AvgIpc) is 2.63. The third-order valence-electron chi connectivity index (χ3n) is 3.85. The van der Waals surface area contributed by atoms with Crippen molar-refractivity contribution in [1.29, 1.82) is 0 Å². The van der Waals surface area contributed by atoms with E-state index in [2.05, 4.69) is 15.3 Å². The van der Waals surface area contributed by atoms with Gasteiger partial charge in [-0.1, -0.05) is 6.07 Å². The first-order chi connectivity index (χ1) is 12.9. The minimum atomic E-state index is -0.452. The summed E-state index contributed by atoms with van der Waals surface area (Å²) in [6.07, 6.45) is 0. The molecule has 0 aliphatic carbocycles. The molecule has 0 aliphatic heterocycles. The van der Waals surface area contributed by atoms with Crippen LogP contribution >= 0.6 is 0 Å². The Balaban J connectivity index is 1.73. The van der Waals surface area contributed by atoms with Gasteiger partial charge in [0.05, 0.1) is 7.11 Å². The lowest BCUT2D eigenvalue weighted by molar-refractivity contribution is 0.292. The molecule has 0 aliphatic rings. The van der Waals surface area contributed by atoms with Crippen LogP contribution in [0.2, 0.25) is 0 Å². The number of anilines is 2. The third kappa shape index (κ3) is 4.69. The predicted molar refractivity (Wildman–Crippen MR) is 98.5 cm³/mol. The maximum absolute atomic E-state index is 13.8. The molecule has 0 radical (unpaired) electrons. The molecule has 0 atom stereocenters. The lowest BCUT2D eigenvalue weighted by atomic mass is 10.2. The van der Waals surface area contributed by atoms with Crippen molar-refractivity contribution in [3.8, 4) is 11.6 Å². The van der Waals surface area contributed by atoms with E-state index in [0.29, 0.717) is 34.3 Å². The van der Waals surface area contributed by atoms with Gasteiger partial charge in [-0.3, -0.25) is 0 Å². The van der Waals surface area contributed by atoms with Crippen LogP contribution in [0.25, 0.3) is 0 Å². The Labute approximate surface area is 156 Å². The van der Waals surface area contributed by atoms with Crippen LogP contribution in [0, 0.1) is 25.5 Å². The highest BCUT2D eigenvalue weighted by atomic mass is 19.1. The molecule has 0 saturated heterocycles. The second-order valence-electron chi connectivity index (χ2n) is 6.02. The molecule has 0 unspecified atom stereocenters. The van der Waals surface area contributed by atoms with E-state index in [-0.39, 0.29) is 18.2 Å². The smallest absolute Gasteiger partial charge is 0.230 e. The number of nitrogens with zero attached hydrogens (tertiary/aromatic N) is 2. The fourth-order valence-electron chi connectivity index (χ4n) is 2.48. The van der Waals surface area contributed by atoms with Crippen LogP contribution in [-0.2, 0) is 6.61 Å². The van der Waals surface area contributed by atoms with E-state index in [1.54, 1.807) is 37.3 Å². The van der Waals surface area contributed by atoms with Crippen molar-refractivity contribution in [1.82, 2.24) is 9.97 Å². The summed E-state index contributed by atoms with van der Waals surface area (Å²) in [4.78, 5) is 8.60. The molecular formula is C20H19F2N3O2. The van der Waals surface area contributed by atoms with Gasteiger partial charge >= 0.3 is 0 Å². The SMILES string of the molecule is COc1ccc(COc2cc(C)nc(Nc3ccc(F)c(C)c3)n2)cc1F. The second-order valence-corrected chi connectivity index (χ2v) is 6.02. The lowest BCUT2D eigenvalue weighted by Crippen LogP contribution is -2.03. The van der Waals surface area contributed by atoms with Gasteiger partial charge in [0.2, 0.25) is 11.8 Å².